The Kier molecular flexibility index (Phi) is 7.70. The van der Waals surface area contributed by atoms with Gasteiger partial charge in [0, 0.05) is 57.3 Å². The van der Waals surface area contributed by atoms with Crippen LogP contribution in [0.2, 0.25) is 0 Å². The van der Waals surface area contributed by atoms with Crippen LogP contribution >= 0.6 is 0 Å². The van der Waals surface area contributed by atoms with E-state index in [1.54, 1.807) is 6.07 Å². The van der Waals surface area contributed by atoms with Crippen molar-refractivity contribution in [2.24, 2.45) is 0 Å². The first kappa shape index (κ1) is 28.0. The van der Waals surface area contributed by atoms with Crippen molar-refractivity contribution in [2.75, 3.05) is 42.5 Å². The molecule has 3 heterocycles. The van der Waals surface area contributed by atoms with Gasteiger partial charge < -0.3 is 10.0 Å². The van der Waals surface area contributed by atoms with Crippen molar-refractivity contribution in [3.8, 4) is 5.75 Å². The standard InChI is InChI=1S/C35H36N6O3/c42-29-12-14-31-26(22-29)8-13-30(24-4-2-1-3-5-24)34(31)25-6-10-28(11-7-25)40-20-18-39(19-21-40)23-27-9-15-32(38-37-27)41-17-16-33(43)36-35(41)44/h1-7,9-12,14-15,22,30,34,42H,8,13,16-21,23H2,(H,36,43,44)/t30-,34+/m1/s1. The largest absolute Gasteiger partial charge is 0.508 e. The lowest BCUT2D eigenvalue weighted by molar-refractivity contribution is -0.120. The van der Waals surface area contributed by atoms with Gasteiger partial charge in [0.1, 0.15) is 5.75 Å². The van der Waals surface area contributed by atoms with Crippen LogP contribution in [0, 0.1) is 0 Å². The van der Waals surface area contributed by atoms with Crippen LogP contribution in [0.15, 0.2) is 84.9 Å². The fraction of sp³-hybridized carbons (Fsp3) is 0.314. The number of benzene rings is 3. The van der Waals surface area contributed by atoms with E-state index in [2.05, 4.69) is 86.0 Å². The number of carbonyl (C=O) groups is 2. The maximum atomic E-state index is 12.1. The number of nitrogens with zero attached hydrogens (tertiary/aromatic N) is 5. The molecule has 9 nitrogen and oxygen atoms in total. The summed E-state index contributed by atoms with van der Waals surface area (Å²) in [7, 11) is 0. The Morgan fingerprint density at radius 3 is 2.32 bits per heavy atom. The van der Waals surface area contributed by atoms with Crippen molar-refractivity contribution >= 4 is 23.4 Å². The lowest BCUT2D eigenvalue weighted by atomic mass is 9.69. The fourth-order valence-electron chi connectivity index (χ4n) is 6.93. The Labute approximate surface area is 257 Å². The molecule has 0 unspecified atom stereocenters. The van der Waals surface area contributed by atoms with Crippen molar-refractivity contribution in [1.29, 1.82) is 0 Å². The van der Waals surface area contributed by atoms with Gasteiger partial charge in [0.25, 0.3) is 0 Å². The maximum absolute atomic E-state index is 12.1. The number of urea groups is 1. The third-order valence-electron chi connectivity index (χ3n) is 9.23. The summed E-state index contributed by atoms with van der Waals surface area (Å²) in [5.41, 5.74) is 7.32. The molecule has 2 aliphatic heterocycles. The lowest BCUT2D eigenvalue weighted by Crippen LogP contribution is -2.50. The zero-order valence-corrected chi connectivity index (χ0v) is 24.6. The Bertz CT molecular complexity index is 1640. The number of aromatic hydroxyl groups is 1. The number of hydrogen-bond donors (Lipinski definition) is 2. The normalized spacial score (nSPS) is 20.7. The minimum Gasteiger partial charge on any atom is -0.508 e. The van der Waals surface area contributed by atoms with E-state index in [4.69, 9.17) is 0 Å². The van der Waals surface area contributed by atoms with Crippen LogP contribution in [-0.4, -0.2) is 64.9 Å². The molecule has 1 aromatic heterocycles. The summed E-state index contributed by atoms with van der Waals surface area (Å²) in [4.78, 5) is 29.8. The highest BCUT2D eigenvalue weighted by Crippen LogP contribution is 2.47. The SMILES string of the molecule is O=C1CCN(c2ccc(CN3CCN(c4ccc([C@@H]5c6ccc(O)cc6CC[C@@H]5c5ccccc5)cc4)CC3)nn2)C(=O)N1. The number of phenols is 1. The van der Waals surface area contributed by atoms with E-state index in [1.165, 1.54) is 32.8 Å². The third kappa shape index (κ3) is 5.75. The quantitative estimate of drug-likeness (QED) is 0.333. The van der Waals surface area contributed by atoms with Crippen LogP contribution < -0.4 is 15.1 Å². The number of nitrogens with one attached hydrogen (secondary N) is 1. The van der Waals surface area contributed by atoms with E-state index in [0.717, 1.165) is 44.7 Å². The zero-order valence-electron chi connectivity index (χ0n) is 24.6. The average Bonchev–Trinajstić information content (AvgIpc) is 3.05. The molecule has 2 atom stereocenters. The highest BCUT2D eigenvalue weighted by Gasteiger charge is 2.32. The van der Waals surface area contributed by atoms with Gasteiger partial charge in [0.2, 0.25) is 5.91 Å². The van der Waals surface area contributed by atoms with Gasteiger partial charge in [0.15, 0.2) is 5.82 Å². The first-order valence-electron chi connectivity index (χ1n) is 15.4. The Morgan fingerprint density at radius 2 is 1.59 bits per heavy atom. The molecule has 1 aliphatic carbocycles. The molecule has 0 bridgehead atoms. The van der Waals surface area contributed by atoms with E-state index >= 15 is 0 Å². The molecule has 2 saturated heterocycles. The first-order valence-corrected chi connectivity index (χ1v) is 15.4. The molecule has 224 valence electrons. The molecule has 7 rings (SSSR count). The summed E-state index contributed by atoms with van der Waals surface area (Å²) >= 11 is 0. The number of phenolic OH excluding ortho intramolecular Hbond substituents is 1. The smallest absolute Gasteiger partial charge is 0.329 e. The third-order valence-corrected chi connectivity index (χ3v) is 9.23. The molecule has 3 aliphatic rings. The molecular weight excluding hydrogens is 552 g/mol. The average molecular weight is 589 g/mol. The molecule has 0 radical (unpaired) electrons. The predicted molar refractivity (Wildman–Crippen MR) is 169 cm³/mol. The molecule has 4 aromatic rings. The number of carbonyl (C=O) groups excluding carboxylic acids is 2. The highest BCUT2D eigenvalue weighted by atomic mass is 16.3. The van der Waals surface area contributed by atoms with Crippen LogP contribution in [-0.2, 0) is 17.8 Å². The molecule has 3 aromatic carbocycles. The number of imide groups is 1. The van der Waals surface area contributed by atoms with Crippen molar-refractivity contribution < 1.29 is 14.7 Å². The predicted octanol–water partition coefficient (Wildman–Crippen LogP) is 4.81. The Balaban J connectivity index is 1.00. The Hall–Kier alpha value is -4.76. The van der Waals surface area contributed by atoms with Gasteiger partial charge in [-0.1, -0.05) is 48.5 Å². The van der Waals surface area contributed by atoms with Crippen molar-refractivity contribution in [3.05, 3.63) is 113 Å². The van der Waals surface area contributed by atoms with Gasteiger partial charge in [-0.25, -0.2) is 4.79 Å². The van der Waals surface area contributed by atoms with Crippen LogP contribution in [0.3, 0.4) is 0 Å². The van der Waals surface area contributed by atoms with E-state index < -0.39 is 6.03 Å². The minimum atomic E-state index is -0.452. The number of rotatable bonds is 6. The molecule has 2 N–H and O–H groups in total. The summed E-state index contributed by atoms with van der Waals surface area (Å²) in [5, 5.41) is 21.1. The second-order valence-electron chi connectivity index (χ2n) is 11.9. The lowest BCUT2D eigenvalue weighted by Gasteiger charge is -2.37. The van der Waals surface area contributed by atoms with Crippen molar-refractivity contribution in [1.82, 2.24) is 20.4 Å². The minimum absolute atomic E-state index is 0.243. The van der Waals surface area contributed by atoms with Gasteiger partial charge >= 0.3 is 6.03 Å². The van der Waals surface area contributed by atoms with Gasteiger partial charge in [-0.15, -0.1) is 5.10 Å². The van der Waals surface area contributed by atoms with Crippen LogP contribution in [0.5, 0.6) is 5.75 Å². The van der Waals surface area contributed by atoms with Gasteiger partial charge in [-0.2, -0.15) is 5.10 Å². The number of piperazine rings is 1. The van der Waals surface area contributed by atoms with E-state index in [1.807, 2.05) is 18.2 Å². The second-order valence-corrected chi connectivity index (χ2v) is 11.9. The molecule has 2 fully saturated rings. The number of amides is 3. The highest BCUT2D eigenvalue weighted by molar-refractivity contribution is 6.05. The number of aryl methyl sites for hydroxylation is 1. The summed E-state index contributed by atoms with van der Waals surface area (Å²) in [6, 6.07) is 29.0. The van der Waals surface area contributed by atoms with E-state index in [9.17, 15) is 14.7 Å². The monoisotopic (exact) mass is 588 g/mol. The summed E-state index contributed by atoms with van der Waals surface area (Å²) in [6.45, 7) is 4.68. The topological polar surface area (TPSA) is 102 Å². The van der Waals surface area contributed by atoms with Crippen LogP contribution in [0.25, 0.3) is 0 Å². The molecule has 0 saturated carbocycles. The summed E-state index contributed by atoms with van der Waals surface area (Å²) < 4.78 is 0. The first-order chi connectivity index (χ1) is 21.5. The molecule has 0 spiro atoms. The van der Waals surface area contributed by atoms with Gasteiger partial charge in [-0.05, 0) is 77.4 Å². The Morgan fingerprint density at radius 1 is 0.795 bits per heavy atom. The van der Waals surface area contributed by atoms with Gasteiger partial charge in [0.05, 0.1) is 5.69 Å². The second kappa shape index (κ2) is 12.1. The molecule has 44 heavy (non-hydrogen) atoms. The van der Waals surface area contributed by atoms with E-state index in [0.29, 0.717) is 30.6 Å². The number of fused-ring (bicyclic) bond motifs is 1. The van der Waals surface area contributed by atoms with E-state index in [-0.39, 0.29) is 18.2 Å². The maximum Gasteiger partial charge on any atom is 0.329 e. The summed E-state index contributed by atoms with van der Waals surface area (Å²) in [6.07, 6.45) is 2.28. The fourth-order valence-corrected chi connectivity index (χ4v) is 6.93. The molecule has 9 heteroatoms. The zero-order chi connectivity index (χ0) is 30.0. The number of hydrogen-bond acceptors (Lipinski definition) is 7. The number of aromatic nitrogens is 2. The summed E-state index contributed by atoms with van der Waals surface area (Å²) in [5.74, 6) is 1.16. The van der Waals surface area contributed by atoms with Crippen LogP contribution in [0.1, 0.15) is 52.6 Å². The van der Waals surface area contributed by atoms with Gasteiger partial charge in [-0.3, -0.25) is 19.9 Å². The van der Waals surface area contributed by atoms with Crippen molar-refractivity contribution in [3.63, 3.8) is 0 Å². The van der Waals surface area contributed by atoms with Crippen LogP contribution in [0.4, 0.5) is 16.3 Å². The number of anilines is 2. The molecular formula is C35H36N6O3. The molecule has 3 amide bonds. The van der Waals surface area contributed by atoms with Crippen molar-refractivity contribution in [2.45, 2.75) is 37.6 Å².